The lowest BCUT2D eigenvalue weighted by molar-refractivity contribution is 0.0223. The van der Waals surface area contributed by atoms with Gasteiger partial charge in [0.25, 0.3) is 5.91 Å². The van der Waals surface area contributed by atoms with E-state index in [-0.39, 0.29) is 18.1 Å². The van der Waals surface area contributed by atoms with Gasteiger partial charge < -0.3 is 19.3 Å². The Balaban J connectivity index is 0.00000176. The van der Waals surface area contributed by atoms with Gasteiger partial charge in [-0.15, -0.1) is 0 Å². The summed E-state index contributed by atoms with van der Waals surface area (Å²) >= 11 is 0. The predicted molar refractivity (Wildman–Crippen MR) is 144 cm³/mol. The molecular weight excluding hydrogens is 478 g/mol. The number of aromatic nitrogens is 1. The van der Waals surface area contributed by atoms with E-state index in [1.807, 2.05) is 68.6 Å². The molecule has 9 heteroatoms. The largest absolute Gasteiger partial charge is 0.444 e. The molecule has 3 heterocycles. The summed E-state index contributed by atoms with van der Waals surface area (Å²) in [6, 6.07) is 5.63. The molecule has 8 nitrogen and oxygen atoms in total. The Morgan fingerprint density at radius 2 is 1.75 bits per heavy atom. The number of carbonyl (C=O) groups is 2. The lowest BCUT2D eigenvalue weighted by atomic mass is 10.0. The molecule has 1 unspecified atom stereocenters. The second-order valence-corrected chi connectivity index (χ2v) is 11.5. The number of piperidine rings is 1. The van der Waals surface area contributed by atoms with Crippen molar-refractivity contribution in [3.8, 4) is 0 Å². The van der Waals surface area contributed by atoms with Gasteiger partial charge in [0.1, 0.15) is 16.6 Å². The van der Waals surface area contributed by atoms with Crippen LogP contribution >= 0.6 is 0 Å². The fraction of sp³-hybridized carbons (Fsp3) is 0.630. The molecule has 4 rings (SSSR count). The number of amides is 2. The second kappa shape index (κ2) is 11.8. The molecule has 0 saturated carbocycles. The minimum atomic E-state index is -1.22. The third-order valence-electron chi connectivity index (χ3n) is 6.51. The summed E-state index contributed by atoms with van der Waals surface area (Å²) in [6.45, 7) is 13.6. The van der Waals surface area contributed by atoms with Crippen molar-refractivity contribution in [2.45, 2.75) is 79.1 Å². The molecule has 1 aromatic carbocycles. The number of nitrogens with zero attached hydrogens (tertiary/aromatic N) is 3. The Morgan fingerprint density at radius 3 is 2.33 bits per heavy atom. The number of likely N-dealkylation sites (tertiary alicyclic amines) is 1. The van der Waals surface area contributed by atoms with Crippen molar-refractivity contribution < 1.29 is 23.3 Å². The van der Waals surface area contributed by atoms with Crippen molar-refractivity contribution in [3.63, 3.8) is 0 Å². The van der Waals surface area contributed by atoms with Gasteiger partial charge in [-0.25, -0.2) is 9.00 Å². The summed E-state index contributed by atoms with van der Waals surface area (Å²) in [7, 11) is 0.498. The van der Waals surface area contributed by atoms with Crippen LogP contribution in [-0.4, -0.2) is 74.2 Å². The number of ether oxygens (including phenoxy) is 2. The highest BCUT2D eigenvalue weighted by Crippen LogP contribution is 2.33. The van der Waals surface area contributed by atoms with Gasteiger partial charge in [0, 0.05) is 61.1 Å². The minimum absolute atomic E-state index is 0.00521. The first-order valence-electron chi connectivity index (χ1n) is 13.0. The van der Waals surface area contributed by atoms with Crippen LogP contribution < -0.4 is 0 Å². The van der Waals surface area contributed by atoms with Gasteiger partial charge in [0.15, 0.2) is 0 Å². The molecule has 36 heavy (non-hydrogen) atoms. The van der Waals surface area contributed by atoms with Gasteiger partial charge in [-0.3, -0.25) is 8.77 Å². The molecule has 0 radical (unpaired) electrons. The highest BCUT2D eigenvalue weighted by Gasteiger charge is 2.31. The van der Waals surface area contributed by atoms with Crippen molar-refractivity contribution in [3.05, 3.63) is 35.0 Å². The van der Waals surface area contributed by atoms with Crippen molar-refractivity contribution in [1.82, 2.24) is 13.8 Å². The van der Waals surface area contributed by atoms with E-state index >= 15 is 0 Å². The minimum Gasteiger partial charge on any atom is -0.444 e. The molecule has 1 fully saturated rings. The van der Waals surface area contributed by atoms with Crippen molar-refractivity contribution in [2.24, 2.45) is 0 Å². The smallest absolute Gasteiger partial charge is 0.410 e. The third kappa shape index (κ3) is 5.94. The van der Waals surface area contributed by atoms with E-state index in [0.29, 0.717) is 43.9 Å². The molecule has 200 valence electrons. The Morgan fingerprint density at radius 1 is 1.08 bits per heavy atom. The average molecular weight is 520 g/mol. The topological polar surface area (TPSA) is 81.1 Å². The number of methoxy groups -OCH3 is 1. The Kier molecular flexibility index (Phi) is 9.22. The molecule has 0 N–H and O–H groups in total. The maximum absolute atomic E-state index is 13.3. The fourth-order valence-corrected chi connectivity index (χ4v) is 5.86. The van der Waals surface area contributed by atoms with Crippen LogP contribution in [-0.2, 0) is 33.4 Å². The van der Waals surface area contributed by atoms with Gasteiger partial charge in [-0.05, 0) is 51.8 Å². The number of benzene rings is 1. The molecule has 1 aromatic heterocycles. The molecule has 2 aromatic rings. The monoisotopic (exact) mass is 519 g/mol. The number of fused-ring (bicyclic) bond motifs is 3. The van der Waals surface area contributed by atoms with Crippen LogP contribution in [0.5, 0.6) is 0 Å². The summed E-state index contributed by atoms with van der Waals surface area (Å²) in [5.74, 6) is 0.482. The lowest BCUT2D eigenvalue weighted by Gasteiger charge is -2.31. The molecule has 0 aliphatic carbocycles. The van der Waals surface area contributed by atoms with E-state index in [1.54, 1.807) is 12.0 Å². The second-order valence-electron chi connectivity index (χ2n) is 9.94. The Hall–Kier alpha value is -2.39. The molecule has 2 aliphatic rings. The van der Waals surface area contributed by atoms with Crippen molar-refractivity contribution in [2.75, 3.05) is 32.5 Å². The highest BCUT2D eigenvalue weighted by atomic mass is 32.2. The quantitative estimate of drug-likeness (QED) is 0.583. The summed E-state index contributed by atoms with van der Waals surface area (Å²) in [5.41, 5.74) is 2.79. The van der Waals surface area contributed by atoms with Crippen molar-refractivity contribution >= 4 is 33.9 Å². The van der Waals surface area contributed by atoms with E-state index in [4.69, 9.17) is 9.47 Å². The predicted octanol–water partition coefficient (Wildman–Crippen LogP) is 4.74. The average Bonchev–Trinajstić information content (AvgIpc) is 3.21. The zero-order valence-electron chi connectivity index (χ0n) is 22.8. The number of carbonyl (C=O) groups excluding carboxylic acids is 2. The van der Waals surface area contributed by atoms with Gasteiger partial charge in [0.2, 0.25) is 0 Å². The maximum atomic E-state index is 13.3. The van der Waals surface area contributed by atoms with E-state index in [1.165, 1.54) is 0 Å². The van der Waals surface area contributed by atoms with Crippen LogP contribution in [0.15, 0.2) is 18.2 Å². The number of rotatable bonds is 4. The molecule has 1 atom stereocenters. The van der Waals surface area contributed by atoms with Crippen LogP contribution in [0.4, 0.5) is 4.79 Å². The zero-order chi connectivity index (χ0) is 26.6. The van der Waals surface area contributed by atoms with E-state index in [0.717, 1.165) is 35.0 Å². The molecule has 2 aliphatic heterocycles. The first kappa shape index (κ1) is 28.2. The highest BCUT2D eigenvalue weighted by molar-refractivity contribution is 7.83. The number of hydrogen-bond donors (Lipinski definition) is 0. The molecule has 1 saturated heterocycles. The fourth-order valence-electron chi connectivity index (χ4n) is 4.77. The molecule has 0 bridgehead atoms. The molecular formula is C27H41N3O5S. The van der Waals surface area contributed by atoms with Gasteiger partial charge >= 0.3 is 6.09 Å². The van der Waals surface area contributed by atoms with Crippen LogP contribution in [0.2, 0.25) is 0 Å². The van der Waals surface area contributed by atoms with E-state index < -0.39 is 16.6 Å². The summed E-state index contributed by atoms with van der Waals surface area (Å²) in [5, 5.41) is 0.877. The van der Waals surface area contributed by atoms with Crippen LogP contribution in [0.25, 0.3) is 10.9 Å². The molecule has 2 amide bonds. The van der Waals surface area contributed by atoms with Gasteiger partial charge in [-0.1, -0.05) is 20.8 Å². The normalized spacial score (nSPS) is 17.3. The Bertz CT molecular complexity index is 1110. The Labute approximate surface area is 217 Å². The summed E-state index contributed by atoms with van der Waals surface area (Å²) in [6.07, 6.45) is 2.09. The van der Waals surface area contributed by atoms with Crippen molar-refractivity contribution in [1.29, 1.82) is 0 Å². The van der Waals surface area contributed by atoms with Crippen LogP contribution in [0.1, 0.15) is 76.0 Å². The maximum Gasteiger partial charge on any atom is 0.410 e. The van der Waals surface area contributed by atoms with Crippen LogP contribution in [0.3, 0.4) is 0 Å². The zero-order valence-corrected chi connectivity index (χ0v) is 23.6. The number of hydrogen-bond acceptors (Lipinski definition) is 5. The first-order valence-corrected chi connectivity index (χ1v) is 14.3. The third-order valence-corrected chi connectivity index (χ3v) is 7.83. The lowest BCUT2D eigenvalue weighted by Crippen LogP contribution is -2.40. The SMILES string of the molecule is CC.CCS(=O)n1c2c(c3cc(C(=O)N4CCC(OC)CC4)ccc31)CN(C(=O)OC(C)(C)C)CC2. The van der Waals surface area contributed by atoms with E-state index in [2.05, 4.69) is 0 Å². The van der Waals surface area contributed by atoms with Crippen LogP contribution in [0, 0.1) is 0 Å². The summed E-state index contributed by atoms with van der Waals surface area (Å²) < 4.78 is 25.9. The summed E-state index contributed by atoms with van der Waals surface area (Å²) in [4.78, 5) is 29.6. The van der Waals surface area contributed by atoms with Gasteiger partial charge in [-0.2, -0.15) is 0 Å². The molecule has 0 spiro atoms. The standard InChI is InChI=1S/C25H35N3O5S.C2H6/c1-6-34(31)28-21-8-7-17(23(29)26-12-9-18(32-5)10-13-26)15-19(21)20-16-27(14-11-22(20)28)24(30)33-25(2,3)4;1-2/h7-8,15,18H,6,9-14,16H2,1-5H3;1-2H3. The van der Waals surface area contributed by atoms with Gasteiger partial charge in [0.05, 0.1) is 18.2 Å². The van der Waals surface area contributed by atoms with E-state index in [9.17, 15) is 13.8 Å². The first-order chi connectivity index (χ1) is 17.1.